The van der Waals surface area contributed by atoms with E-state index in [0.717, 1.165) is 31.5 Å². The molecule has 4 rings (SSSR count). The molecule has 7 heteroatoms. The Morgan fingerprint density at radius 2 is 1.93 bits per heavy atom. The van der Waals surface area contributed by atoms with Crippen LogP contribution in [-0.2, 0) is 5.75 Å². The van der Waals surface area contributed by atoms with Crippen molar-refractivity contribution in [1.82, 2.24) is 10.2 Å². The second-order valence-electron chi connectivity index (χ2n) is 6.94. The summed E-state index contributed by atoms with van der Waals surface area (Å²) >= 11 is 3.12. The molecular weight excluding hydrogens is 402 g/mol. The molecule has 0 unspecified atom stereocenters. The Hall–Kier alpha value is -2.64. The molecule has 2 heterocycles. The van der Waals surface area contributed by atoms with E-state index in [4.69, 9.17) is 4.42 Å². The van der Waals surface area contributed by atoms with Gasteiger partial charge in [-0.15, -0.1) is 10.2 Å². The number of anilines is 1. The van der Waals surface area contributed by atoms with Crippen LogP contribution >= 0.6 is 23.1 Å². The fourth-order valence-corrected chi connectivity index (χ4v) is 5.17. The summed E-state index contributed by atoms with van der Waals surface area (Å²) < 4.78 is 6.91. The normalized spacial score (nSPS) is 11.2. The first kappa shape index (κ1) is 19.7. The van der Waals surface area contributed by atoms with Crippen LogP contribution in [0.1, 0.15) is 32.3 Å². The molecule has 5 nitrogen and oxygen atoms in total. The van der Waals surface area contributed by atoms with E-state index in [1.165, 1.54) is 5.56 Å². The number of aromatic nitrogens is 2. The zero-order valence-corrected chi connectivity index (χ0v) is 18.4. The number of benzene rings is 2. The maximum Gasteiger partial charge on any atom is 0.294 e. The molecule has 0 saturated heterocycles. The van der Waals surface area contributed by atoms with E-state index in [2.05, 4.69) is 16.3 Å². The summed E-state index contributed by atoms with van der Waals surface area (Å²) in [6.07, 6.45) is 0. The lowest BCUT2D eigenvalue weighted by atomic mass is 10.1. The average molecular weight is 424 g/mol. The Morgan fingerprint density at radius 1 is 1.14 bits per heavy atom. The molecule has 0 aliphatic rings. The van der Waals surface area contributed by atoms with E-state index in [9.17, 15) is 4.79 Å². The number of carbonyl (C=O) groups excluding carboxylic acids is 1. The lowest BCUT2D eigenvalue weighted by Gasteiger charge is -2.19. The summed E-state index contributed by atoms with van der Waals surface area (Å²) in [5, 5.41) is 10.1. The van der Waals surface area contributed by atoms with E-state index < -0.39 is 0 Å². The quantitative estimate of drug-likeness (QED) is 0.381. The maximum absolute atomic E-state index is 13.4. The third-order valence-corrected chi connectivity index (χ3v) is 6.76. The van der Waals surface area contributed by atoms with Crippen molar-refractivity contribution < 1.29 is 9.21 Å². The highest BCUT2D eigenvalue weighted by atomic mass is 32.2. The molecule has 0 N–H and O–H groups in total. The predicted molar refractivity (Wildman–Crippen MR) is 119 cm³/mol. The van der Waals surface area contributed by atoms with Gasteiger partial charge in [-0.2, -0.15) is 0 Å². The molecule has 0 bridgehead atoms. The van der Waals surface area contributed by atoms with Crippen LogP contribution in [-0.4, -0.2) is 23.2 Å². The molecule has 0 saturated carbocycles. The smallest absolute Gasteiger partial charge is 0.294 e. The number of thioether (sulfide) groups is 1. The van der Waals surface area contributed by atoms with Crippen LogP contribution in [0.3, 0.4) is 0 Å². The van der Waals surface area contributed by atoms with E-state index in [0.29, 0.717) is 17.1 Å². The van der Waals surface area contributed by atoms with Crippen LogP contribution in [0.4, 0.5) is 5.69 Å². The molecule has 0 fully saturated rings. The monoisotopic (exact) mass is 423 g/mol. The molecule has 2 aromatic carbocycles. The Bertz CT molecular complexity index is 1200. The van der Waals surface area contributed by atoms with Gasteiger partial charge >= 0.3 is 0 Å². The fourth-order valence-electron chi connectivity index (χ4n) is 3.33. The van der Waals surface area contributed by atoms with Crippen molar-refractivity contribution in [3.63, 3.8) is 0 Å². The van der Waals surface area contributed by atoms with Gasteiger partial charge in [0.25, 0.3) is 5.91 Å². The zero-order valence-electron chi connectivity index (χ0n) is 16.7. The third kappa shape index (κ3) is 3.93. The Labute approximate surface area is 177 Å². The summed E-state index contributed by atoms with van der Waals surface area (Å²) in [6, 6.07) is 13.8. The van der Waals surface area contributed by atoms with E-state index in [1.807, 2.05) is 57.2 Å². The third-order valence-electron chi connectivity index (χ3n) is 4.76. The van der Waals surface area contributed by atoms with Crippen molar-refractivity contribution in [2.45, 2.75) is 30.9 Å². The summed E-state index contributed by atoms with van der Waals surface area (Å²) in [7, 11) is 1.79. The minimum absolute atomic E-state index is 0.155. The molecule has 148 valence electrons. The summed E-state index contributed by atoms with van der Waals surface area (Å²) in [5.41, 5.74) is 4.70. The molecule has 0 radical (unpaired) electrons. The van der Waals surface area contributed by atoms with E-state index in [-0.39, 0.29) is 5.91 Å². The van der Waals surface area contributed by atoms with Gasteiger partial charge in [0.1, 0.15) is 10.6 Å². The number of hydrogen-bond donors (Lipinski definition) is 0. The van der Waals surface area contributed by atoms with E-state index >= 15 is 0 Å². The van der Waals surface area contributed by atoms with Crippen molar-refractivity contribution in [2.75, 3.05) is 11.9 Å². The van der Waals surface area contributed by atoms with Gasteiger partial charge in [0.15, 0.2) is 10.1 Å². The topological polar surface area (TPSA) is 59.2 Å². The number of aryl methyl sites for hydroxylation is 3. The number of hydrogen-bond acceptors (Lipinski definition) is 6. The van der Waals surface area contributed by atoms with Gasteiger partial charge in [0, 0.05) is 29.4 Å². The van der Waals surface area contributed by atoms with Crippen molar-refractivity contribution in [3.8, 4) is 0 Å². The summed E-state index contributed by atoms with van der Waals surface area (Å²) in [5.74, 6) is 0.813. The minimum atomic E-state index is -0.155. The number of rotatable bonds is 5. The lowest BCUT2D eigenvalue weighted by molar-refractivity contribution is 0.0967. The van der Waals surface area contributed by atoms with Gasteiger partial charge in [-0.05, 0) is 38.5 Å². The fraction of sp³-hybridized carbons (Fsp3) is 0.227. The van der Waals surface area contributed by atoms with Gasteiger partial charge in [-0.25, -0.2) is 0 Å². The predicted octanol–water partition coefficient (Wildman–Crippen LogP) is 5.78. The number of para-hydroxylation sites is 1. The molecule has 0 aliphatic carbocycles. The van der Waals surface area contributed by atoms with Gasteiger partial charge < -0.3 is 9.32 Å². The second-order valence-corrected chi connectivity index (χ2v) is 9.34. The summed E-state index contributed by atoms with van der Waals surface area (Å²) in [4.78, 5) is 15.0. The highest BCUT2D eigenvalue weighted by Gasteiger charge is 2.25. The first-order valence-corrected chi connectivity index (χ1v) is 11.0. The zero-order chi connectivity index (χ0) is 20.5. The molecule has 0 spiro atoms. The van der Waals surface area contributed by atoms with Crippen LogP contribution in [0, 0.1) is 20.8 Å². The van der Waals surface area contributed by atoms with E-state index in [1.54, 1.807) is 35.0 Å². The maximum atomic E-state index is 13.4. The number of fused-ring (bicyclic) bond motifs is 1. The Kier molecular flexibility index (Phi) is 5.43. The Balaban J connectivity index is 1.71. The van der Waals surface area contributed by atoms with Crippen LogP contribution in [0.5, 0.6) is 0 Å². The number of amides is 1. The average Bonchev–Trinajstić information content (AvgIpc) is 3.28. The molecule has 29 heavy (non-hydrogen) atoms. The largest absolute Gasteiger partial charge is 0.451 e. The summed E-state index contributed by atoms with van der Waals surface area (Å²) in [6.45, 7) is 5.99. The molecule has 0 atom stereocenters. The van der Waals surface area contributed by atoms with Crippen LogP contribution in [0.25, 0.3) is 11.0 Å². The first-order chi connectivity index (χ1) is 13.9. The van der Waals surface area contributed by atoms with Crippen molar-refractivity contribution >= 4 is 45.7 Å². The van der Waals surface area contributed by atoms with Gasteiger partial charge in [-0.1, -0.05) is 59.0 Å². The van der Waals surface area contributed by atoms with Gasteiger partial charge in [-0.3, -0.25) is 4.79 Å². The molecule has 2 aromatic heterocycles. The highest BCUT2D eigenvalue weighted by Crippen LogP contribution is 2.34. The van der Waals surface area contributed by atoms with Crippen LogP contribution < -0.4 is 4.90 Å². The number of furan rings is 1. The van der Waals surface area contributed by atoms with Crippen LogP contribution in [0.15, 0.2) is 51.2 Å². The Morgan fingerprint density at radius 3 is 2.66 bits per heavy atom. The van der Waals surface area contributed by atoms with Crippen molar-refractivity contribution in [3.05, 3.63) is 69.9 Å². The molecule has 1 amide bonds. The minimum Gasteiger partial charge on any atom is -0.451 e. The van der Waals surface area contributed by atoms with Crippen molar-refractivity contribution in [1.29, 1.82) is 0 Å². The molecule has 0 aliphatic heterocycles. The van der Waals surface area contributed by atoms with Gasteiger partial charge in [0.2, 0.25) is 0 Å². The standard InChI is InChI=1S/C22H21N3O2S2/c1-13-9-10-18(14(2)11-13)25(4)21(26)20-17(12-28-22-24-23-15(3)29-22)16-7-5-6-8-19(16)27-20/h5-11H,12H2,1-4H3. The molecular formula is C22H21N3O2S2. The van der Waals surface area contributed by atoms with Crippen molar-refractivity contribution in [2.24, 2.45) is 0 Å². The number of nitrogens with zero attached hydrogens (tertiary/aromatic N) is 3. The first-order valence-electron chi connectivity index (χ1n) is 9.22. The number of carbonyl (C=O) groups is 1. The SMILES string of the molecule is Cc1ccc(N(C)C(=O)c2oc3ccccc3c2CSc2nnc(C)s2)c(C)c1. The molecule has 4 aromatic rings. The van der Waals surface area contributed by atoms with Crippen LogP contribution in [0.2, 0.25) is 0 Å². The van der Waals surface area contributed by atoms with Gasteiger partial charge in [0.05, 0.1) is 0 Å². The second kappa shape index (κ2) is 8.00. The lowest BCUT2D eigenvalue weighted by Crippen LogP contribution is -2.27. The highest BCUT2D eigenvalue weighted by molar-refractivity contribution is 8.00.